The summed E-state index contributed by atoms with van der Waals surface area (Å²) in [6, 6.07) is 10.4. The van der Waals surface area contributed by atoms with Gasteiger partial charge in [-0.05, 0) is 48.1 Å². The fraction of sp³-hybridized carbons (Fsp3) is 0.419. The minimum Gasteiger partial charge on any atom is -0.508 e. The van der Waals surface area contributed by atoms with Crippen LogP contribution in [0.2, 0.25) is 0 Å². The molecule has 4 aromatic rings. The first-order valence-electron chi connectivity index (χ1n) is 15.1. The second-order valence-corrected chi connectivity index (χ2v) is 11.9. The number of aromatic nitrogens is 6. The third kappa shape index (κ3) is 6.32. The van der Waals surface area contributed by atoms with E-state index in [1.165, 1.54) is 17.0 Å². The summed E-state index contributed by atoms with van der Waals surface area (Å²) in [6.07, 6.45) is 2.69. The molecule has 0 unspecified atom stereocenters. The Morgan fingerprint density at radius 2 is 1.51 bits per heavy atom. The molecule has 0 atom stereocenters. The SMILES string of the molecule is CC(C)c1cc(-c2nnc(O)n2-c2ccc(CN3CCN(c4ncnc(N5CCC(C(=O)O)CC5)n4)CC3)cc2)c(O)cc1O. The predicted octanol–water partition coefficient (Wildman–Crippen LogP) is 2.98. The molecule has 2 saturated heterocycles. The van der Waals surface area contributed by atoms with Crippen LogP contribution in [0, 0.1) is 5.92 Å². The van der Waals surface area contributed by atoms with Crippen LogP contribution in [0.25, 0.3) is 17.1 Å². The number of phenols is 2. The number of aromatic hydroxyl groups is 3. The molecule has 4 N–H and O–H groups in total. The van der Waals surface area contributed by atoms with Crippen molar-refractivity contribution in [3.05, 3.63) is 53.9 Å². The van der Waals surface area contributed by atoms with Crippen LogP contribution in [-0.2, 0) is 11.3 Å². The van der Waals surface area contributed by atoms with Crippen LogP contribution in [0.1, 0.15) is 43.7 Å². The predicted molar refractivity (Wildman–Crippen MR) is 166 cm³/mol. The van der Waals surface area contributed by atoms with Gasteiger partial charge in [-0.15, -0.1) is 5.10 Å². The molecule has 4 heterocycles. The molecule has 0 bridgehead atoms. The average molecular weight is 616 g/mol. The monoisotopic (exact) mass is 615 g/mol. The maximum atomic E-state index is 11.3. The first-order valence-corrected chi connectivity index (χ1v) is 15.1. The number of nitrogens with zero attached hydrogens (tertiary/aromatic N) is 9. The Labute approximate surface area is 260 Å². The summed E-state index contributed by atoms with van der Waals surface area (Å²) in [5, 5.41) is 48.6. The van der Waals surface area contributed by atoms with Crippen LogP contribution in [0.3, 0.4) is 0 Å². The topological polar surface area (TPSA) is 177 Å². The van der Waals surface area contributed by atoms with Crippen molar-refractivity contribution >= 4 is 17.9 Å². The highest BCUT2D eigenvalue weighted by Crippen LogP contribution is 2.38. The average Bonchev–Trinajstić information content (AvgIpc) is 3.42. The van der Waals surface area contributed by atoms with Crippen molar-refractivity contribution in [1.29, 1.82) is 0 Å². The van der Waals surface area contributed by atoms with Crippen molar-refractivity contribution in [2.75, 3.05) is 49.1 Å². The van der Waals surface area contributed by atoms with E-state index in [1.54, 1.807) is 6.07 Å². The molecule has 45 heavy (non-hydrogen) atoms. The maximum Gasteiger partial charge on any atom is 0.319 e. The number of carboxylic acids is 1. The van der Waals surface area contributed by atoms with Gasteiger partial charge in [0.2, 0.25) is 11.9 Å². The minimum atomic E-state index is -0.740. The third-order valence-electron chi connectivity index (χ3n) is 8.58. The standard InChI is InChI=1S/C31H37N9O5/c1-19(2)23-15-24(26(42)16-25(23)41)27-35-36-31(45)40(27)22-5-3-20(4-6-22)17-37-11-13-39(14-12-37)30-33-18-32-29(34-30)38-9-7-21(8-10-38)28(43)44/h3-6,15-16,18-19,21,41-42H,7-14,17H2,1-2H3,(H,36,45)(H,43,44). The van der Waals surface area contributed by atoms with Crippen LogP contribution >= 0.6 is 0 Å². The Hall–Kier alpha value is -4.98. The summed E-state index contributed by atoms with van der Waals surface area (Å²) >= 11 is 0. The van der Waals surface area contributed by atoms with Crippen LogP contribution in [-0.4, -0.2) is 100 Å². The van der Waals surface area contributed by atoms with E-state index < -0.39 is 5.97 Å². The van der Waals surface area contributed by atoms with Gasteiger partial charge in [-0.2, -0.15) is 4.98 Å². The quantitative estimate of drug-likeness (QED) is 0.228. The molecule has 0 saturated carbocycles. The van der Waals surface area contributed by atoms with Gasteiger partial charge < -0.3 is 30.2 Å². The molecule has 2 aliphatic rings. The lowest BCUT2D eigenvalue weighted by molar-refractivity contribution is -0.142. The lowest BCUT2D eigenvalue weighted by atomic mass is 9.97. The highest BCUT2D eigenvalue weighted by molar-refractivity contribution is 5.70. The van der Waals surface area contributed by atoms with Gasteiger partial charge in [-0.3, -0.25) is 9.69 Å². The van der Waals surface area contributed by atoms with Crippen molar-refractivity contribution in [1.82, 2.24) is 34.6 Å². The zero-order chi connectivity index (χ0) is 31.7. The van der Waals surface area contributed by atoms with E-state index in [-0.39, 0.29) is 35.2 Å². The summed E-state index contributed by atoms with van der Waals surface area (Å²) in [5.41, 5.74) is 2.75. The van der Waals surface area contributed by atoms with Gasteiger partial charge in [-0.1, -0.05) is 31.1 Å². The summed E-state index contributed by atoms with van der Waals surface area (Å²) < 4.78 is 1.47. The molecule has 0 aliphatic carbocycles. The molecule has 6 rings (SSSR count). The third-order valence-corrected chi connectivity index (χ3v) is 8.58. The molecular formula is C31H37N9O5. The Morgan fingerprint density at radius 3 is 2.13 bits per heavy atom. The highest BCUT2D eigenvalue weighted by atomic mass is 16.4. The van der Waals surface area contributed by atoms with Gasteiger partial charge >= 0.3 is 12.0 Å². The van der Waals surface area contributed by atoms with Gasteiger partial charge in [0.25, 0.3) is 0 Å². The smallest absolute Gasteiger partial charge is 0.319 e. The Balaban J connectivity index is 1.09. The van der Waals surface area contributed by atoms with Crippen molar-refractivity contribution in [2.45, 2.75) is 39.2 Å². The van der Waals surface area contributed by atoms with E-state index in [1.807, 2.05) is 43.0 Å². The zero-order valence-electron chi connectivity index (χ0n) is 25.3. The summed E-state index contributed by atoms with van der Waals surface area (Å²) in [7, 11) is 0. The molecule has 14 heteroatoms. The largest absolute Gasteiger partial charge is 0.508 e. The molecule has 0 radical (unpaired) electrons. The number of piperazine rings is 1. The van der Waals surface area contributed by atoms with Crippen molar-refractivity contribution in [2.24, 2.45) is 5.92 Å². The lowest BCUT2D eigenvalue weighted by Gasteiger charge is -2.35. The van der Waals surface area contributed by atoms with Gasteiger partial charge in [-0.25, -0.2) is 14.5 Å². The normalized spacial score (nSPS) is 16.4. The fourth-order valence-corrected chi connectivity index (χ4v) is 5.95. The highest BCUT2D eigenvalue weighted by Gasteiger charge is 2.27. The molecular weight excluding hydrogens is 578 g/mol. The Kier molecular flexibility index (Phi) is 8.39. The fourth-order valence-electron chi connectivity index (χ4n) is 5.95. The van der Waals surface area contributed by atoms with E-state index in [0.29, 0.717) is 54.6 Å². The Bertz CT molecular complexity index is 1660. The number of carboxylic acid groups (broad SMARTS) is 1. The number of anilines is 2. The van der Waals surface area contributed by atoms with Crippen molar-refractivity contribution in [3.63, 3.8) is 0 Å². The molecule has 2 aromatic heterocycles. The lowest BCUT2D eigenvalue weighted by Crippen LogP contribution is -2.46. The number of piperidine rings is 1. The maximum absolute atomic E-state index is 11.3. The summed E-state index contributed by atoms with van der Waals surface area (Å²) in [5.74, 6) is 0.299. The number of carbonyl (C=O) groups is 1. The zero-order valence-corrected chi connectivity index (χ0v) is 25.3. The van der Waals surface area contributed by atoms with Crippen molar-refractivity contribution < 1.29 is 25.2 Å². The first-order chi connectivity index (χ1) is 21.7. The molecule has 0 spiro atoms. The van der Waals surface area contributed by atoms with E-state index in [4.69, 9.17) is 4.98 Å². The van der Waals surface area contributed by atoms with E-state index in [9.17, 15) is 25.2 Å². The number of rotatable bonds is 8. The number of aliphatic carboxylic acids is 1. The number of phenolic OH excluding ortho intramolecular Hbond substituents is 2. The van der Waals surface area contributed by atoms with Gasteiger partial charge in [0.1, 0.15) is 17.8 Å². The summed E-state index contributed by atoms with van der Waals surface area (Å²) in [4.78, 5) is 31.3. The van der Waals surface area contributed by atoms with Gasteiger partial charge in [0.15, 0.2) is 5.82 Å². The van der Waals surface area contributed by atoms with Crippen LogP contribution in [0.5, 0.6) is 17.5 Å². The number of hydrogen-bond acceptors (Lipinski definition) is 12. The molecule has 2 aliphatic heterocycles. The minimum absolute atomic E-state index is 0.000486. The van der Waals surface area contributed by atoms with E-state index in [2.05, 4.69) is 30.0 Å². The first kappa shape index (κ1) is 30.1. The molecule has 2 fully saturated rings. The Morgan fingerprint density at radius 1 is 0.867 bits per heavy atom. The van der Waals surface area contributed by atoms with E-state index in [0.717, 1.165) is 38.3 Å². The number of benzene rings is 2. The molecule has 14 nitrogen and oxygen atoms in total. The molecule has 236 valence electrons. The van der Waals surface area contributed by atoms with E-state index >= 15 is 0 Å². The molecule has 0 amide bonds. The van der Waals surface area contributed by atoms with Crippen LogP contribution in [0.4, 0.5) is 11.9 Å². The number of hydrogen-bond donors (Lipinski definition) is 4. The summed E-state index contributed by atoms with van der Waals surface area (Å²) in [6.45, 7) is 9.01. The molecule has 2 aromatic carbocycles. The van der Waals surface area contributed by atoms with Gasteiger partial charge in [0.05, 0.1) is 17.2 Å². The second kappa shape index (κ2) is 12.6. The van der Waals surface area contributed by atoms with Crippen LogP contribution in [0.15, 0.2) is 42.7 Å². The van der Waals surface area contributed by atoms with Gasteiger partial charge in [0, 0.05) is 51.9 Å². The van der Waals surface area contributed by atoms with Crippen LogP contribution < -0.4 is 9.80 Å². The van der Waals surface area contributed by atoms with Crippen molar-refractivity contribution in [3.8, 4) is 34.6 Å². The second-order valence-electron chi connectivity index (χ2n) is 11.9.